The lowest BCUT2D eigenvalue weighted by molar-refractivity contribution is 0.198. The fourth-order valence-corrected chi connectivity index (χ4v) is 9.43. The van der Waals surface area contributed by atoms with Gasteiger partial charge in [0.15, 0.2) is 9.76 Å². The van der Waals surface area contributed by atoms with Crippen LogP contribution in [0.5, 0.6) is 0 Å². The lowest BCUT2D eigenvalue weighted by Crippen LogP contribution is -2.60. The summed E-state index contributed by atoms with van der Waals surface area (Å²) in [6, 6.07) is 0. The first-order valence-corrected chi connectivity index (χ1v) is 9.33. The Morgan fingerprint density at radius 1 is 1.19 bits per heavy atom. The second-order valence-corrected chi connectivity index (χ2v) is 12.5. The normalized spacial score (nSPS) is 13.3. The predicted octanol–water partition coefficient (Wildman–Crippen LogP) is 2.44. The van der Waals surface area contributed by atoms with Crippen LogP contribution in [-0.4, -0.2) is 29.4 Å². The third-order valence-corrected chi connectivity index (χ3v) is 9.95. The zero-order valence-electron chi connectivity index (χ0n) is 11.2. The van der Waals surface area contributed by atoms with Gasteiger partial charge in [0, 0.05) is 0 Å². The molecule has 1 amide bonds. The van der Waals surface area contributed by atoms with Crippen LogP contribution in [0.25, 0.3) is 0 Å². The molecule has 6 heteroatoms. The van der Waals surface area contributed by atoms with E-state index in [9.17, 15) is 4.79 Å². The molecule has 0 saturated heterocycles. The van der Waals surface area contributed by atoms with E-state index < -0.39 is 24.3 Å². The van der Waals surface area contributed by atoms with Crippen LogP contribution >= 0.6 is 0 Å². The van der Waals surface area contributed by atoms with E-state index in [2.05, 4.69) is 46.5 Å². The lowest BCUT2D eigenvalue weighted by Gasteiger charge is -2.38. The number of nitrogens with one attached hydrogen (secondary N) is 1. The van der Waals surface area contributed by atoms with Gasteiger partial charge in [-0.05, 0) is 16.6 Å². The molecule has 4 nitrogen and oxygen atoms in total. The summed E-state index contributed by atoms with van der Waals surface area (Å²) in [4.78, 5) is 13.6. The van der Waals surface area contributed by atoms with Crippen LogP contribution in [0.3, 0.4) is 0 Å². The van der Waals surface area contributed by atoms with Crippen LogP contribution in [-0.2, 0) is 4.12 Å². The van der Waals surface area contributed by atoms with Crippen molar-refractivity contribution >= 4 is 24.3 Å². The minimum atomic E-state index is -2.36. The largest absolute Gasteiger partial charge is 0.466 e. The van der Waals surface area contributed by atoms with Crippen LogP contribution in [0.2, 0.25) is 16.6 Å². The summed E-state index contributed by atoms with van der Waals surface area (Å²) in [7, 11) is -3.01. The van der Waals surface area contributed by atoms with Crippen molar-refractivity contribution in [2.24, 2.45) is 0 Å². The minimum absolute atomic E-state index is 0.259. The average molecular weight is 263 g/mol. The van der Waals surface area contributed by atoms with Gasteiger partial charge in [0.25, 0.3) is 8.48 Å². The molecule has 0 atom stereocenters. The highest BCUT2D eigenvalue weighted by Crippen LogP contribution is 2.31. The molecule has 0 radical (unpaired) electrons. The molecule has 2 N–H and O–H groups in total. The first-order chi connectivity index (χ1) is 7.22. The number of rotatable bonds is 6. The van der Waals surface area contributed by atoms with Gasteiger partial charge in [0.2, 0.25) is 0 Å². The molecule has 0 aromatic carbocycles. The first-order valence-electron chi connectivity index (χ1n) is 5.87. The van der Waals surface area contributed by atoms with Crippen molar-refractivity contribution in [3.8, 4) is 0 Å². The summed E-state index contributed by atoms with van der Waals surface area (Å²) in [6.07, 6.45) is -0.952. The van der Waals surface area contributed by atoms with E-state index in [4.69, 9.17) is 9.22 Å². The van der Waals surface area contributed by atoms with Gasteiger partial charge in [-0.1, -0.05) is 41.5 Å². The molecule has 0 fully saturated rings. The quantitative estimate of drug-likeness (QED) is 0.724. The Morgan fingerprint density at radius 2 is 1.62 bits per heavy atom. The number of carbonyl (C=O) groups is 1. The van der Waals surface area contributed by atoms with Gasteiger partial charge in [0.1, 0.15) is 0 Å². The van der Waals surface area contributed by atoms with Crippen molar-refractivity contribution in [1.82, 2.24) is 4.98 Å². The van der Waals surface area contributed by atoms with Gasteiger partial charge in [-0.2, -0.15) is 0 Å². The summed E-state index contributed by atoms with van der Waals surface area (Å²) in [5, 5.41) is 8.97. The molecule has 0 aliphatic carbocycles. The summed E-state index contributed by atoms with van der Waals surface area (Å²) < 4.78 is 6.11. The molecule has 0 heterocycles. The van der Waals surface area contributed by atoms with Crippen molar-refractivity contribution in [3.63, 3.8) is 0 Å². The monoisotopic (exact) mass is 263 g/mol. The highest BCUT2D eigenvalue weighted by Gasteiger charge is 2.44. The Labute approximate surface area is 102 Å². The average Bonchev–Trinajstić information content (AvgIpc) is 2.10. The predicted molar refractivity (Wildman–Crippen MR) is 71.8 cm³/mol. The maximum absolute atomic E-state index is 10.9. The number of amides is 1. The van der Waals surface area contributed by atoms with E-state index in [1.807, 2.05) is 0 Å². The van der Waals surface area contributed by atoms with Gasteiger partial charge in [-0.25, -0.2) is 4.79 Å². The second-order valence-electron chi connectivity index (χ2n) is 5.24. The molecular formula is C10H25NO3Si2. The Kier molecular flexibility index (Phi) is 6.28. The Morgan fingerprint density at radius 3 is 1.88 bits per heavy atom. The van der Waals surface area contributed by atoms with Gasteiger partial charge in [-0.15, -0.1) is 0 Å². The molecular weight excluding hydrogens is 238 g/mol. The van der Waals surface area contributed by atoms with Crippen LogP contribution < -0.4 is 4.98 Å². The highest BCUT2D eigenvalue weighted by molar-refractivity contribution is 6.79. The number of carboxylic acid groups (broad SMARTS) is 1. The maximum atomic E-state index is 10.9. The topological polar surface area (TPSA) is 58.6 Å². The van der Waals surface area contributed by atoms with Gasteiger partial charge in [0.05, 0.1) is 0 Å². The van der Waals surface area contributed by atoms with E-state index in [1.54, 1.807) is 0 Å². The van der Waals surface area contributed by atoms with E-state index in [0.29, 0.717) is 5.54 Å². The van der Waals surface area contributed by atoms with Gasteiger partial charge in [-0.3, -0.25) is 0 Å². The molecule has 96 valence electrons. The third-order valence-electron chi connectivity index (χ3n) is 2.67. The SMILES string of the molecule is CC(C)[SiH2]O[Si](NC(=O)O)(C(C)C)C(C)C. The summed E-state index contributed by atoms with van der Waals surface area (Å²) in [5.74, 6) is 0. The third kappa shape index (κ3) is 4.27. The van der Waals surface area contributed by atoms with Crippen LogP contribution in [0, 0.1) is 0 Å². The van der Waals surface area contributed by atoms with E-state index in [1.165, 1.54) is 0 Å². The fourth-order valence-electron chi connectivity index (χ4n) is 1.80. The van der Waals surface area contributed by atoms with Crippen molar-refractivity contribution in [1.29, 1.82) is 0 Å². The number of hydrogen-bond acceptors (Lipinski definition) is 2. The highest BCUT2D eigenvalue weighted by atomic mass is 28.4. The first kappa shape index (κ1) is 15.7. The molecule has 16 heavy (non-hydrogen) atoms. The van der Waals surface area contributed by atoms with Crippen molar-refractivity contribution in [2.75, 3.05) is 0 Å². The Bertz CT molecular complexity index is 224. The van der Waals surface area contributed by atoms with Gasteiger partial charge >= 0.3 is 6.09 Å². The van der Waals surface area contributed by atoms with Crippen molar-refractivity contribution in [2.45, 2.75) is 58.2 Å². The second kappa shape index (κ2) is 6.41. The summed E-state index contributed by atoms with van der Waals surface area (Å²) >= 11 is 0. The molecule has 0 aromatic rings. The Hall–Kier alpha value is -0.336. The van der Waals surface area contributed by atoms with E-state index >= 15 is 0 Å². The zero-order chi connectivity index (χ0) is 12.9. The van der Waals surface area contributed by atoms with Crippen LogP contribution in [0.1, 0.15) is 41.5 Å². The van der Waals surface area contributed by atoms with Gasteiger partial charge < -0.3 is 14.2 Å². The van der Waals surface area contributed by atoms with Crippen molar-refractivity contribution in [3.05, 3.63) is 0 Å². The molecule has 0 aliphatic rings. The van der Waals surface area contributed by atoms with Crippen LogP contribution in [0.15, 0.2) is 0 Å². The molecule has 0 aliphatic heterocycles. The molecule has 0 bridgehead atoms. The summed E-state index contributed by atoms with van der Waals surface area (Å²) in [6.45, 7) is 12.5. The molecule has 0 saturated carbocycles. The maximum Gasteiger partial charge on any atom is 0.398 e. The fraction of sp³-hybridized carbons (Fsp3) is 0.900. The molecule has 0 unspecified atom stereocenters. The lowest BCUT2D eigenvalue weighted by atomic mass is 10.5. The molecule has 0 rings (SSSR count). The van der Waals surface area contributed by atoms with Crippen molar-refractivity contribution < 1.29 is 14.0 Å². The zero-order valence-corrected chi connectivity index (χ0v) is 13.6. The molecule has 0 aromatic heterocycles. The van der Waals surface area contributed by atoms with Crippen LogP contribution in [0.4, 0.5) is 4.79 Å². The smallest absolute Gasteiger partial charge is 0.398 e. The standard InChI is InChI=1S/C10H25NO3Si2/c1-7(2)15-14-16(8(3)4,9(5)6)11-10(12)13/h7-9,11H,15H2,1-6H3,(H,12,13). The van der Waals surface area contributed by atoms with E-state index in [0.717, 1.165) is 0 Å². The number of hydrogen-bond donors (Lipinski definition) is 2. The molecule has 0 spiro atoms. The van der Waals surface area contributed by atoms with E-state index in [-0.39, 0.29) is 11.1 Å². The minimum Gasteiger partial charge on any atom is -0.466 e. The summed E-state index contributed by atoms with van der Waals surface area (Å²) in [5.41, 5.74) is 1.07. The Balaban J connectivity index is 4.86.